The summed E-state index contributed by atoms with van der Waals surface area (Å²) >= 11 is 0. The number of carbonyl (C=O) groups excluding carboxylic acids is 1. The Morgan fingerprint density at radius 3 is 2.75 bits per heavy atom. The van der Waals surface area contributed by atoms with E-state index in [0.29, 0.717) is 19.6 Å². The van der Waals surface area contributed by atoms with Crippen LogP contribution in [0.15, 0.2) is 35.7 Å². The largest absolute Gasteiger partial charge is 0.356 e. The Labute approximate surface area is 160 Å². The van der Waals surface area contributed by atoms with Crippen molar-refractivity contribution in [1.29, 1.82) is 0 Å². The third-order valence-corrected chi connectivity index (χ3v) is 6.46. The van der Waals surface area contributed by atoms with Gasteiger partial charge in [-0.15, -0.1) is 0 Å². The molecule has 3 aromatic heterocycles. The molecule has 0 bridgehead atoms. The number of nitrogens with one attached hydrogen (secondary N) is 2. The average Bonchev–Trinajstić information content (AvgIpc) is 3.11. The number of fused-ring (bicyclic) bond motifs is 1. The number of nitrogens with two attached hydrogens (primary N) is 1. The summed E-state index contributed by atoms with van der Waals surface area (Å²) in [5.74, 6) is 0.655. The Kier molecular flexibility index (Phi) is 3.55. The number of primary sulfonamides is 1. The predicted octanol–water partition coefficient (Wildman–Crippen LogP) is 0.428. The molecule has 28 heavy (non-hydrogen) atoms. The van der Waals surface area contributed by atoms with Crippen molar-refractivity contribution in [2.45, 2.75) is 23.3 Å². The van der Waals surface area contributed by atoms with Gasteiger partial charge >= 0.3 is 0 Å². The summed E-state index contributed by atoms with van der Waals surface area (Å²) in [7, 11) is -3.85. The number of sulfonamides is 1. The van der Waals surface area contributed by atoms with E-state index in [4.69, 9.17) is 5.14 Å². The molecule has 3 aromatic rings. The first-order chi connectivity index (χ1) is 13.4. The highest BCUT2D eigenvalue weighted by Crippen LogP contribution is 2.46. The van der Waals surface area contributed by atoms with Gasteiger partial charge < -0.3 is 19.8 Å². The molecule has 0 unspecified atom stereocenters. The van der Waals surface area contributed by atoms with E-state index in [1.165, 1.54) is 12.3 Å². The normalized spacial score (nSPS) is 18.8. The summed E-state index contributed by atoms with van der Waals surface area (Å²) in [6.07, 6.45) is 6.43. The van der Waals surface area contributed by atoms with Crippen LogP contribution in [0.5, 0.6) is 0 Å². The Balaban J connectivity index is 1.41. The number of piperazine rings is 1. The van der Waals surface area contributed by atoms with E-state index in [1.54, 1.807) is 6.33 Å². The Hall–Kier alpha value is -2.92. The smallest absolute Gasteiger partial charge is 0.270 e. The van der Waals surface area contributed by atoms with E-state index >= 15 is 0 Å². The minimum atomic E-state index is -3.85. The molecule has 1 amide bonds. The second kappa shape index (κ2) is 5.79. The first-order valence-corrected chi connectivity index (χ1v) is 10.5. The van der Waals surface area contributed by atoms with Crippen molar-refractivity contribution in [3.8, 4) is 0 Å². The van der Waals surface area contributed by atoms with Crippen LogP contribution in [0.3, 0.4) is 0 Å². The number of H-pyrrole nitrogens is 2. The summed E-state index contributed by atoms with van der Waals surface area (Å²) < 4.78 is 23.0. The molecule has 1 aliphatic heterocycles. The number of nitrogens with zero attached hydrogens (tertiary/aromatic N) is 4. The molecule has 2 fully saturated rings. The van der Waals surface area contributed by atoms with Gasteiger partial charge in [0, 0.05) is 32.0 Å². The quantitative estimate of drug-likeness (QED) is 0.581. The Morgan fingerprint density at radius 1 is 1.21 bits per heavy atom. The van der Waals surface area contributed by atoms with Crippen molar-refractivity contribution in [3.05, 3.63) is 36.5 Å². The van der Waals surface area contributed by atoms with Crippen LogP contribution in [0.4, 0.5) is 5.82 Å². The first-order valence-electron chi connectivity index (χ1n) is 8.94. The Morgan fingerprint density at radius 2 is 2.04 bits per heavy atom. The molecule has 0 aromatic carbocycles. The van der Waals surface area contributed by atoms with E-state index in [-0.39, 0.29) is 22.0 Å². The molecule has 146 valence electrons. The van der Waals surface area contributed by atoms with Crippen LogP contribution in [0.25, 0.3) is 11.0 Å². The molecule has 5 rings (SSSR count). The average molecular weight is 401 g/mol. The maximum Gasteiger partial charge on any atom is 0.270 e. The molecule has 10 nitrogen and oxygen atoms in total. The van der Waals surface area contributed by atoms with Gasteiger partial charge in [0.25, 0.3) is 5.91 Å². The van der Waals surface area contributed by atoms with Gasteiger partial charge in [0.05, 0.1) is 15.8 Å². The zero-order valence-electron chi connectivity index (χ0n) is 14.9. The van der Waals surface area contributed by atoms with Crippen LogP contribution in [-0.2, 0) is 10.0 Å². The summed E-state index contributed by atoms with van der Waals surface area (Å²) in [5.41, 5.74) is 0.768. The van der Waals surface area contributed by atoms with E-state index < -0.39 is 10.0 Å². The molecule has 1 saturated heterocycles. The summed E-state index contributed by atoms with van der Waals surface area (Å²) in [5, 5.41) is 6.10. The second-order valence-corrected chi connectivity index (χ2v) is 8.90. The fourth-order valence-corrected chi connectivity index (χ4v) is 4.47. The van der Waals surface area contributed by atoms with Gasteiger partial charge in [0.15, 0.2) is 0 Å². The first kappa shape index (κ1) is 17.2. The van der Waals surface area contributed by atoms with E-state index in [0.717, 1.165) is 29.7 Å². The third-order valence-electron chi connectivity index (χ3n) is 5.57. The molecule has 2 aliphatic rings. The lowest BCUT2D eigenvalue weighted by Gasteiger charge is -2.42. The second-order valence-electron chi connectivity index (χ2n) is 7.33. The number of aromatic nitrogens is 4. The van der Waals surface area contributed by atoms with Crippen molar-refractivity contribution in [3.63, 3.8) is 0 Å². The summed E-state index contributed by atoms with van der Waals surface area (Å²) in [6, 6.07) is 3.25. The fourth-order valence-electron chi connectivity index (χ4n) is 3.97. The molecule has 4 heterocycles. The monoisotopic (exact) mass is 401 g/mol. The van der Waals surface area contributed by atoms with E-state index in [9.17, 15) is 13.2 Å². The van der Waals surface area contributed by atoms with Crippen molar-refractivity contribution >= 4 is 32.8 Å². The molecular weight excluding hydrogens is 382 g/mol. The lowest BCUT2D eigenvalue weighted by molar-refractivity contribution is 0.0619. The van der Waals surface area contributed by atoms with Crippen LogP contribution < -0.4 is 10.0 Å². The van der Waals surface area contributed by atoms with Crippen molar-refractivity contribution in [2.75, 3.05) is 24.5 Å². The predicted molar refractivity (Wildman–Crippen MR) is 101 cm³/mol. The highest BCUT2D eigenvalue weighted by molar-refractivity contribution is 7.89. The SMILES string of the molecule is NS(=O)(=O)c1c[nH]c(C(=O)N2CCN(c3ncnc4[nH]ccc34)CC23CC3)c1. The minimum Gasteiger partial charge on any atom is -0.356 e. The maximum atomic E-state index is 13.0. The maximum absolute atomic E-state index is 13.0. The molecule has 1 spiro atoms. The van der Waals surface area contributed by atoms with Gasteiger partial charge in [0.1, 0.15) is 23.5 Å². The van der Waals surface area contributed by atoms with Crippen LogP contribution in [0.2, 0.25) is 0 Å². The number of anilines is 1. The fraction of sp³-hybridized carbons (Fsp3) is 0.353. The number of amides is 1. The highest BCUT2D eigenvalue weighted by Gasteiger charge is 2.53. The standard InChI is InChI=1S/C17H19N7O3S/c18-28(26,27)11-7-13(20-8-11)16(25)24-6-5-23(9-17(24)2-3-17)15-12-1-4-19-14(12)21-10-22-15/h1,4,7-8,10,20H,2-3,5-6,9H2,(H2,18,26,27)(H,19,21,22). The van der Waals surface area contributed by atoms with Gasteiger partial charge in [-0.25, -0.2) is 23.5 Å². The van der Waals surface area contributed by atoms with Gasteiger partial charge in [-0.3, -0.25) is 4.79 Å². The van der Waals surface area contributed by atoms with Crippen molar-refractivity contribution < 1.29 is 13.2 Å². The van der Waals surface area contributed by atoms with Gasteiger partial charge in [-0.1, -0.05) is 0 Å². The Bertz CT molecular complexity index is 1180. The molecule has 11 heteroatoms. The molecule has 4 N–H and O–H groups in total. The van der Waals surface area contributed by atoms with E-state index in [1.807, 2.05) is 17.2 Å². The summed E-state index contributed by atoms with van der Waals surface area (Å²) in [6.45, 7) is 1.84. The van der Waals surface area contributed by atoms with Crippen molar-refractivity contribution in [2.24, 2.45) is 5.14 Å². The van der Waals surface area contributed by atoms with Crippen LogP contribution >= 0.6 is 0 Å². The van der Waals surface area contributed by atoms with Crippen LogP contribution in [-0.4, -0.2) is 64.3 Å². The number of hydrogen-bond acceptors (Lipinski definition) is 6. The topological polar surface area (TPSA) is 141 Å². The van der Waals surface area contributed by atoms with Crippen molar-refractivity contribution in [1.82, 2.24) is 24.8 Å². The zero-order chi connectivity index (χ0) is 19.5. The lowest BCUT2D eigenvalue weighted by atomic mass is 10.1. The van der Waals surface area contributed by atoms with Crippen LogP contribution in [0.1, 0.15) is 23.3 Å². The zero-order valence-corrected chi connectivity index (χ0v) is 15.7. The highest BCUT2D eigenvalue weighted by atomic mass is 32.2. The summed E-state index contributed by atoms with van der Waals surface area (Å²) in [4.78, 5) is 31.5. The van der Waals surface area contributed by atoms with Gasteiger partial charge in [-0.2, -0.15) is 0 Å². The number of carbonyl (C=O) groups is 1. The van der Waals surface area contributed by atoms with Crippen LogP contribution in [0, 0.1) is 0 Å². The molecular formula is C17H19N7O3S. The minimum absolute atomic E-state index is 0.0878. The van der Waals surface area contributed by atoms with Gasteiger partial charge in [0.2, 0.25) is 10.0 Å². The van der Waals surface area contributed by atoms with Gasteiger partial charge in [-0.05, 0) is 25.0 Å². The third kappa shape index (κ3) is 2.66. The molecule has 1 aliphatic carbocycles. The number of rotatable bonds is 3. The molecule has 0 atom stereocenters. The van der Waals surface area contributed by atoms with E-state index in [2.05, 4.69) is 24.8 Å². The lowest BCUT2D eigenvalue weighted by Crippen LogP contribution is -2.57. The number of aromatic amines is 2. The number of hydrogen-bond donors (Lipinski definition) is 3. The molecule has 0 radical (unpaired) electrons. The molecule has 1 saturated carbocycles.